The van der Waals surface area contributed by atoms with Gasteiger partial charge in [0.05, 0.1) is 0 Å². The van der Waals surface area contributed by atoms with E-state index in [1.54, 1.807) is 0 Å². The van der Waals surface area contributed by atoms with Gasteiger partial charge in [0, 0.05) is 12.5 Å². The van der Waals surface area contributed by atoms with Crippen molar-refractivity contribution >= 4 is 18.0 Å². The second-order valence-electron chi connectivity index (χ2n) is 7.61. The number of carbonyl (C=O) groups is 3. The standard InChI is InChI=1S/C23H23F3N2O5/c1-2-19(21(30)31)28-20(29)18(23(24,25)26)11-27-22(32)33-12-17-15-9-5-3-7-13(15)14-8-4-6-10-16(14)17/h3-10,17-19H,2,11-12H2,1H3,(H,27,32)(H,28,29)(H,30,31). The molecule has 1 aliphatic carbocycles. The van der Waals surface area contributed by atoms with Crippen molar-refractivity contribution in [3.8, 4) is 11.1 Å². The van der Waals surface area contributed by atoms with Crippen molar-refractivity contribution in [3.05, 3.63) is 59.7 Å². The highest BCUT2D eigenvalue weighted by Gasteiger charge is 2.45. The van der Waals surface area contributed by atoms with Crippen LogP contribution in [-0.2, 0) is 14.3 Å². The number of carbonyl (C=O) groups excluding carboxylic acids is 2. The number of hydrogen-bond acceptors (Lipinski definition) is 4. The molecule has 0 saturated heterocycles. The van der Waals surface area contributed by atoms with E-state index >= 15 is 0 Å². The van der Waals surface area contributed by atoms with E-state index in [0.29, 0.717) is 0 Å². The molecule has 3 N–H and O–H groups in total. The van der Waals surface area contributed by atoms with Gasteiger partial charge in [-0.05, 0) is 28.7 Å². The number of halogens is 3. The molecule has 0 fully saturated rings. The first-order valence-corrected chi connectivity index (χ1v) is 10.3. The molecule has 2 aromatic rings. The molecule has 2 amide bonds. The Bertz CT molecular complexity index is 995. The minimum Gasteiger partial charge on any atom is -0.480 e. The number of rotatable bonds is 8. The van der Waals surface area contributed by atoms with Gasteiger partial charge >= 0.3 is 18.2 Å². The lowest BCUT2D eigenvalue weighted by Gasteiger charge is -2.22. The number of carboxylic acid groups (broad SMARTS) is 1. The SMILES string of the molecule is CCC(NC(=O)C(CNC(=O)OCC1c2ccccc2-c2ccccc21)C(F)(F)F)C(=O)O. The van der Waals surface area contributed by atoms with E-state index in [0.717, 1.165) is 22.3 Å². The third-order valence-corrected chi connectivity index (χ3v) is 5.53. The third kappa shape index (κ3) is 5.44. The maximum Gasteiger partial charge on any atom is 0.407 e. The molecule has 0 radical (unpaired) electrons. The van der Waals surface area contributed by atoms with E-state index in [-0.39, 0.29) is 18.9 Å². The number of amides is 2. The lowest BCUT2D eigenvalue weighted by molar-refractivity contribution is -0.182. The lowest BCUT2D eigenvalue weighted by Crippen LogP contribution is -2.50. The minimum absolute atomic E-state index is 0.0918. The molecular formula is C23H23F3N2O5. The number of fused-ring (bicyclic) bond motifs is 3. The zero-order valence-corrected chi connectivity index (χ0v) is 17.7. The number of benzene rings is 2. The highest BCUT2D eigenvalue weighted by Crippen LogP contribution is 2.44. The molecule has 33 heavy (non-hydrogen) atoms. The summed E-state index contributed by atoms with van der Waals surface area (Å²) in [4.78, 5) is 35.2. The van der Waals surface area contributed by atoms with Gasteiger partial charge in [0.2, 0.25) is 5.91 Å². The van der Waals surface area contributed by atoms with Crippen molar-refractivity contribution < 1.29 is 37.4 Å². The minimum atomic E-state index is -4.99. The highest BCUT2D eigenvalue weighted by molar-refractivity contribution is 5.86. The van der Waals surface area contributed by atoms with Crippen molar-refractivity contribution in [1.82, 2.24) is 10.6 Å². The molecule has 10 heteroatoms. The van der Waals surface area contributed by atoms with Crippen LogP contribution in [0, 0.1) is 5.92 Å². The second-order valence-corrected chi connectivity index (χ2v) is 7.61. The predicted octanol–water partition coefficient (Wildman–Crippen LogP) is 3.68. The van der Waals surface area contributed by atoms with E-state index < -0.39 is 42.7 Å². The summed E-state index contributed by atoms with van der Waals surface area (Å²) in [5.74, 6) is -5.87. The lowest BCUT2D eigenvalue weighted by atomic mass is 9.98. The zero-order chi connectivity index (χ0) is 24.2. The van der Waals surface area contributed by atoms with Crippen LogP contribution in [0.15, 0.2) is 48.5 Å². The molecule has 7 nitrogen and oxygen atoms in total. The van der Waals surface area contributed by atoms with Crippen LogP contribution in [-0.4, -0.2) is 48.4 Å². The highest BCUT2D eigenvalue weighted by atomic mass is 19.4. The molecule has 2 unspecified atom stereocenters. The first-order chi connectivity index (χ1) is 15.6. The van der Waals surface area contributed by atoms with Crippen LogP contribution in [0.5, 0.6) is 0 Å². The molecule has 176 valence electrons. The van der Waals surface area contributed by atoms with Crippen LogP contribution in [0.4, 0.5) is 18.0 Å². The third-order valence-electron chi connectivity index (χ3n) is 5.53. The fourth-order valence-electron chi connectivity index (χ4n) is 3.80. The maximum absolute atomic E-state index is 13.3. The summed E-state index contributed by atoms with van der Waals surface area (Å²) in [6, 6.07) is 13.7. The van der Waals surface area contributed by atoms with Gasteiger partial charge in [-0.15, -0.1) is 0 Å². The summed E-state index contributed by atoms with van der Waals surface area (Å²) in [6.45, 7) is 0.234. The molecule has 0 aliphatic heterocycles. The summed E-state index contributed by atoms with van der Waals surface area (Å²) in [5.41, 5.74) is 3.89. The molecule has 0 bridgehead atoms. The smallest absolute Gasteiger partial charge is 0.407 e. The van der Waals surface area contributed by atoms with Crippen LogP contribution in [0.25, 0.3) is 11.1 Å². The Morgan fingerprint density at radius 3 is 2.06 bits per heavy atom. The first-order valence-electron chi connectivity index (χ1n) is 10.3. The molecule has 0 saturated carbocycles. The van der Waals surface area contributed by atoms with E-state index in [2.05, 4.69) is 0 Å². The second kappa shape index (κ2) is 9.93. The Morgan fingerprint density at radius 1 is 1.03 bits per heavy atom. The van der Waals surface area contributed by atoms with Gasteiger partial charge in [-0.3, -0.25) is 4.79 Å². The summed E-state index contributed by atoms with van der Waals surface area (Å²) in [7, 11) is 0. The number of carboxylic acids is 1. The Labute approximate surface area is 187 Å². The number of ether oxygens (including phenoxy) is 1. The van der Waals surface area contributed by atoms with Gasteiger partial charge in [0.15, 0.2) is 5.92 Å². The van der Waals surface area contributed by atoms with Crippen LogP contribution in [0.1, 0.15) is 30.4 Å². The molecule has 0 heterocycles. The quantitative estimate of drug-likeness (QED) is 0.553. The molecule has 2 aromatic carbocycles. The van der Waals surface area contributed by atoms with Gasteiger partial charge in [0.1, 0.15) is 12.6 Å². The van der Waals surface area contributed by atoms with Crippen molar-refractivity contribution in [2.45, 2.75) is 31.5 Å². The van der Waals surface area contributed by atoms with E-state index in [1.165, 1.54) is 6.92 Å². The Kier molecular flexibility index (Phi) is 7.25. The Hall–Kier alpha value is -3.56. The van der Waals surface area contributed by atoms with Crippen molar-refractivity contribution in [2.24, 2.45) is 5.92 Å². The molecule has 1 aliphatic rings. The summed E-state index contributed by atoms with van der Waals surface area (Å²) < 4.78 is 45.2. The monoisotopic (exact) mass is 464 g/mol. The fraction of sp³-hybridized carbons (Fsp3) is 0.348. The van der Waals surface area contributed by atoms with Crippen LogP contribution < -0.4 is 10.6 Å². The van der Waals surface area contributed by atoms with Gasteiger partial charge in [-0.2, -0.15) is 13.2 Å². The molecule has 2 atom stereocenters. The number of aliphatic carboxylic acids is 1. The van der Waals surface area contributed by atoms with E-state index in [9.17, 15) is 27.6 Å². The molecule has 0 aromatic heterocycles. The van der Waals surface area contributed by atoms with E-state index in [4.69, 9.17) is 9.84 Å². The molecule has 0 spiro atoms. The average molecular weight is 464 g/mol. The fourth-order valence-corrected chi connectivity index (χ4v) is 3.80. The first kappa shape index (κ1) is 24.1. The summed E-state index contributed by atoms with van der Waals surface area (Å²) in [6.07, 6.45) is -6.19. The van der Waals surface area contributed by atoms with Crippen LogP contribution in [0.2, 0.25) is 0 Å². The summed E-state index contributed by atoms with van der Waals surface area (Å²) in [5, 5.41) is 12.8. The van der Waals surface area contributed by atoms with Crippen molar-refractivity contribution in [1.29, 1.82) is 0 Å². The number of alkyl carbamates (subject to hydrolysis) is 1. The van der Waals surface area contributed by atoms with Gasteiger partial charge in [0.25, 0.3) is 0 Å². The average Bonchev–Trinajstić information content (AvgIpc) is 3.08. The Morgan fingerprint density at radius 2 is 1.58 bits per heavy atom. The normalized spacial score (nSPS) is 14.5. The Balaban J connectivity index is 1.62. The number of hydrogen-bond donors (Lipinski definition) is 3. The summed E-state index contributed by atoms with van der Waals surface area (Å²) >= 11 is 0. The van der Waals surface area contributed by atoms with Gasteiger partial charge in [-0.1, -0.05) is 55.5 Å². The predicted molar refractivity (Wildman–Crippen MR) is 112 cm³/mol. The van der Waals surface area contributed by atoms with Gasteiger partial charge in [-0.25, -0.2) is 9.59 Å². The van der Waals surface area contributed by atoms with Crippen LogP contribution >= 0.6 is 0 Å². The topological polar surface area (TPSA) is 105 Å². The largest absolute Gasteiger partial charge is 0.480 e. The van der Waals surface area contributed by atoms with Crippen molar-refractivity contribution in [3.63, 3.8) is 0 Å². The zero-order valence-electron chi connectivity index (χ0n) is 17.7. The molecular weight excluding hydrogens is 441 g/mol. The van der Waals surface area contributed by atoms with E-state index in [1.807, 2.05) is 59.2 Å². The number of nitrogens with one attached hydrogen (secondary N) is 2. The van der Waals surface area contributed by atoms with Gasteiger partial charge < -0.3 is 20.5 Å². The van der Waals surface area contributed by atoms with Crippen LogP contribution in [0.3, 0.4) is 0 Å². The van der Waals surface area contributed by atoms with Crippen molar-refractivity contribution in [2.75, 3.05) is 13.2 Å². The maximum atomic E-state index is 13.3. The molecule has 3 rings (SSSR count). The number of alkyl halides is 3.